The van der Waals surface area contributed by atoms with Crippen molar-refractivity contribution in [1.29, 1.82) is 0 Å². The third-order valence-corrected chi connectivity index (χ3v) is 4.24. The molecule has 2 aromatic rings. The van der Waals surface area contributed by atoms with E-state index >= 15 is 0 Å². The number of aromatic amines is 1. The molecule has 1 fully saturated rings. The van der Waals surface area contributed by atoms with E-state index in [0.717, 1.165) is 38.0 Å². The molecule has 1 aromatic carbocycles. The van der Waals surface area contributed by atoms with Crippen molar-refractivity contribution in [2.75, 3.05) is 20.2 Å². The summed E-state index contributed by atoms with van der Waals surface area (Å²) in [6, 6.07) is 10.4. The largest absolute Gasteiger partial charge is 0.378 e. The number of methoxy groups -OCH3 is 1. The van der Waals surface area contributed by atoms with E-state index in [0.29, 0.717) is 0 Å². The molecule has 2 N–H and O–H groups in total. The number of ether oxygens (including phenoxy) is 1. The highest BCUT2D eigenvalue weighted by atomic mass is 16.5. The van der Waals surface area contributed by atoms with E-state index < -0.39 is 0 Å². The fourth-order valence-electron chi connectivity index (χ4n) is 2.98. The first kappa shape index (κ1) is 13.3. The van der Waals surface area contributed by atoms with Gasteiger partial charge in [-0.05, 0) is 31.5 Å². The quantitative estimate of drug-likeness (QED) is 0.897. The number of nitrogens with zero attached hydrogens (tertiary/aromatic N) is 1. The second-order valence-corrected chi connectivity index (χ2v) is 5.45. The lowest BCUT2D eigenvalue weighted by atomic mass is 9.85. The molecule has 0 unspecified atom stereocenters. The van der Waals surface area contributed by atoms with Crippen molar-refractivity contribution in [2.45, 2.75) is 24.9 Å². The van der Waals surface area contributed by atoms with Gasteiger partial charge in [0, 0.05) is 19.1 Å². The lowest BCUT2D eigenvalue weighted by molar-refractivity contribution is -0.0332. The van der Waals surface area contributed by atoms with Crippen molar-refractivity contribution in [3.8, 4) is 11.3 Å². The summed E-state index contributed by atoms with van der Waals surface area (Å²) in [5.41, 5.74) is 3.47. The molecule has 1 aromatic heterocycles. The van der Waals surface area contributed by atoms with Gasteiger partial charge in [-0.2, -0.15) is 5.10 Å². The molecule has 0 spiro atoms. The molecule has 4 nitrogen and oxygen atoms in total. The topological polar surface area (TPSA) is 49.9 Å². The molecule has 1 aliphatic rings. The zero-order chi connectivity index (χ0) is 13.8. The van der Waals surface area contributed by atoms with E-state index in [1.165, 1.54) is 11.1 Å². The molecule has 4 heteroatoms. The molecule has 106 valence electrons. The molecule has 0 atom stereocenters. The van der Waals surface area contributed by atoms with E-state index in [1.54, 1.807) is 0 Å². The number of piperidine rings is 1. The number of H-pyrrole nitrogens is 1. The minimum atomic E-state index is -0.0569. The van der Waals surface area contributed by atoms with Gasteiger partial charge in [0.25, 0.3) is 0 Å². The van der Waals surface area contributed by atoms with Gasteiger partial charge >= 0.3 is 0 Å². The Balaban J connectivity index is 1.86. The highest BCUT2D eigenvalue weighted by Crippen LogP contribution is 2.30. The Morgan fingerprint density at radius 1 is 1.20 bits per heavy atom. The van der Waals surface area contributed by atoms with E-state index in [9.17, 15) is 0 Å². The van der Waals surface area contributed by atoms with E-state index in [-0.39, 0.29) is 5.60 Å². The van der Waals surface area contributed by atoms with Crippen LogP contribution in [0.1, 0.15) is 18.4 Å². The fraction of sp³-hybridized carbons (Fsp3) is 0.438. The van der Waals surface area contributed by atoms with Gasteiger partial charge in [-0.3, -0.25) is 5.10 Å². The number of nitrogens with one attached hydrogen (secondary N) is 2. The molecule has 0 saturated carbocycles. The maximum Gasteiger partial charge on any atom is 0.0744 e. The van der Waals surface area contributed by atoms with Gasteiger partial charge in [0.05, 0.1) is 17.5 Å². The number of benzene rings is 1. The van der Waals surface area contributed by atoms with Crippen LogP contribution in [0.25, 0.3) is 11.3 Å². The molecule has 0 amide bonds. The highest BCUT2D eigenvalue weighted by Gasteiger charge is 2.33. The maximum atomic E-state index is 5.86. The number of hydrogen-bond acceptors (Lipinski definition) is 3. The van der Waals surface area contributed by atoms with Crippen LogP contribution in [0, 0.1) is 0 Å². The molecule has 3 rings (SSSR count). The summed E-state index contributed by atoms with van der Waals surface area (Å²) in [5, 5.41) is 10.8. The second-order valence-electron chi connectivity index (χ2n) is 5.45. The molecule has 0 aliphatic carbocycles. The van der Waals surface area contributed by atoms with Crippen LogP contribution in [0.4, 0.5) is 0 Å². The Hall–Kier alpha value is -1.65. The first-order valence-corrected chi connectivity index (χ1v) is 7.16. The minimum Gasteiger partial charge on any atom is -0.378 e. The predicted molar refractivity (Wildman–Crippen MR) is 79.6 cm³/mol. The van der Waals surface area contributed by atoms with Crippen molar-refractivity contribution in [2.24, 2.45) is 0 Å². The van der Waals surface area contributed by atoms with Crippen molar-refractivity contribution in [1.82, 2.24) is 15.5 Å². The molecule has 20 heavy (non-hydrogen) atoms. The molecule has 0 radical (unpaired) electrons. The number of hydrogen-bond donors (Lipinski definition) is 2. The third kappa shape index (κ3) is 2.62. The zero-order valence-electron chi connectivity index (χ0n) is 11.9. The summed E-state index contributed by atoms with van der Waals surface area (Å²) in [4.78, 5) is 0. The van der Waals surface area contributed by atoms with Gasteiger partial charge in [0.1, 0.15) is 0 Å². The monoisotopic (exact) mass is 271 g/mol. The van der Waals surface area contributed by atoms with Crippen LogP contribution in [0.15, 0.2) is 36.5 Å². The zero-order valence-corrected chi connectivity index (χ0v) is 11.9. The van der Waals surface area contributed by atoms with Crippen LogP contribution in [0.5, 0.6) is 0 Å². The van der Waals surface area contributed by atoms with Gasteiger partial charge in [0.15, 0.2) is 0 Å². The Kier molecular flexibility index (Phi) is 3.85. The van der Waals surface area contributed by atoms with Gasteiger partial charge < -0.3 is 10.1 Å². The van der Waals surface area contributed by atoms with Gasteiger partial charge in [-0.25, -0.2) is 0 Å². The summed E-state index contributed by atoms with van der Waals surface area (Å²) in [5.74, 6) is 0. The van der Waals surface area contributed by atoms with Crippen molar-refractivity contribution >= 4 is 0 Å². The minimum absolute atomic E-state index is 0.0569. The predicted octanol–water partition coefficient (Wildman–Crippen LogP) is 2.39. The average Bonchev–Trinajstić information content (AvgIpc) is 2.97. The molecule has 1 aliphatic heterocycles. The lowest BCUT2D eigenvalue weighted by Crippen LogP contribution is -2.45. The van der Waals surface area contributed by atoms with Crippen LogP contribution in [-0.2, 0) is 11.2 Å². The average molecular weight is 271 g/mol. The number of rotatable bonds is 4. The first-order chi connectivity index (χ1) is 9.83. The van der Waals surface area contributed by atoms with Crippen LogP contribution in [0.3, 0.4) is 0 Å². The molecule has 0 bridgehead atoms. The Labute approximate surface area is 119 Å². The van der Waals surface area contributed by atoms with Gasteiger partial charge in [-0.15, -0.1) is 0 Å². The SMILES string of the molecule is COC1(Cc2cn[nH]c2-c2ccccc2)CCNCC1. The van der Waals surface area contributed by atoms with Crippen LogP contribution in [0.2, 0.25) is 0 Å². The Morgan fingerprint density at radius 3 is 2.65 bits per heavy atom. The molecular formula is C16H21N3O. The van der Waals surface area contributed by atoms with Crippen molar-refractivity contribution < 1.29 is 4.74 Å². The maximum absolute atomic E-state index is 5.86. The molecule has 2 heterocycles. The van der Waals surface area contributed by atoms with Crippen LogP contribution in [-0.4, -0.2) is 36.0 Å². The third-order valence-electron chi connectivity index (χ3n) is 4.24. The summed E-state index contributed by atoms with van der Waals surface area (Å²) >= 11 is 0. The van der Waals surface area contributed by atoms with Crippen LogP contribution >= 0.6 is 0 Å². The molecular weight excluding hydrogens is 250 g/mol. The molecule has 1 saturated heterocycles. The standard InChI is InChI=1S/C16H21N3O/c1-20-16(7-9-17-10-8-16)11-14-12-18-19-15(14)13-5-3-2-4-6-13/h2-6,12,17H,7-11H2,1H3,(H,18,19). The van der Waals surface area contributed by atoms with E-state index in [1.807, 2.05) is 19.4 Å². The lowest BCUT2D eigenvalue weighted by Gasteiger charge is -2.36. The highest BCUT2D eigenvalue weighted by molar-refractivity contribution is 5.62. The van der Waals surface area contributed by atoms with Crippen molar-refractivity contribution in [3.63, 3.8) is 0 Å². The normalized spacial score (nSPS) is 18.1. The Morgan fingerprint density at radius 2 is 1.95 bits per heavy atom. The number of aromatic nitrogens is 2. The van der Waals surface area contributed by atoms with E-state index in [2.05, 4.69) is 39.8 Å². The van der Waals surface area contributed by atoms with Gasteiger partial charge in [-0.1, -0.05) is 30.3 Å². The van der Waals surface area contributed by atoms with E-state index in [4.69, 9.17) is 4.74 Å². The summed E-state index contributed by atoms with van der Waals surface area (Å²) in [6.07, 6.45) is 4.93. The summed E-state index contributed by atoms with van der Waals surface area (Å²) in [6.45, 7) is 2.04. The fourth-order valence-corrected chi connectivity index (χ4v) is 2.98. The summed E-state index contributed by atoms with van der Waals surface area (Å²) < 4.78 is 5.86. The summed E-state index contributed by atoms with van der Waals surface area (Å²) in [7, 11) is 1.83. The second kappa shape index (κ2) is 5.77. The van der Waals surface area contributed by atoms with Crippen molar-refractivity contribution in [3.05, 3.63) is 42.1 Å². The van der Waals surface area contributed by atoms with Gasteiger partial charge in [0.2, 0.25) is 0 Å². The van der Waals surface area contributed by atoms with Crippen LogP contribution < -0.4 is 5.32 Å². The smallest absolute Gasteiger partial charge is 0.0744 e. The first-order valence-electron chi connectivity index (χ1n) is 7.16. The Bertz CT molecular complexity index is 544.